The normalized spacial score (nSPS) is 29.0. The Morgan fingerprint density at radius 3 is 2.77 bits per heavy atom. The smallest absolute Gasteiger partial charge is 0.410 e. The van der Waals surface area contributed by atoms with Crippen molar-refractivity contribution in [3.05, 3.63) is 29.8 Å². The van der Waals surface area contributed by atoms with Crippen LogP contribution >= 0.6 is 0 Å². The van der Waals surface area contributed by atoms with Crippen molar-refractivity contribution in [1.82, 2.24) is 4.90 Å². The van der Waals surface area contributed by atoms with Gasteiger partial charge in [0.2, 0.25) is 0 Å². The van der Waals surface area contributed by atoms with E-state index in [1.165, 1.54) is 5.56 Å². The summed E-state index contributed by atoms with van der Waals surface area (Å²) in [5.41, 5.74) is 0.621. The highest BCUT2D eigenvalue weighted by molar-refractivity contribution is 5.68. The SMILES string of the molecule is COc1cccc([C@]23CCN(C(=O)OC(C)(C)C)C[C@@H]2CCC(O)C3)c1. The topological polar surface area (TPSA) is 59.0 Å². The van der Waals surface area contributed by atoms with Crippen molar-refractivity contribution in [2.45, 2.75) is 63.6 Å². The maximum atomic E-state index is 12.5. The van der Waals surface area contributed by atoms with Gasteiger partial charge in [-0.25, -0.2) is 4.79 Å². The Morgan fingerprint density at radius 2 is 2.08 bits per heavy atom. The molecule has 2 aliphatic rings. The molecular weight excluding hydrogens is 330 g/mol. The van der Waals surface area contributed by atoms with Gasteiger partial charge in [0.25, 0.3) is 0 Å². The van der Waals surface area contributed by atoms with Gasteiger partial charge in [-0.1, -0.05) is 12.1 Å². The Labute approximate surface area is 156 Å². The highest BCUT2D eigenvalue weighted by Crippen LogP contribution is 2.49. The number of methoxy groups -OCH3 is 1. The van der Waals surface area contributed by atoms with Crippen LogP contribution in [0.4, 0.5) is 4.79 Å². The first-order valence-corrected chi connectivity index (χ1v) is 9.54. The second kappa shape index (κ2) is 7.10. The van der Waals surface area contributed by atoms with Crippen LogP contribution in [-0.2, 0) is 10.2 Å². The van der Waals surface area contributed by atoms with E-state index < -0.39 is 5.60 Å². The van der Waals surface area contributed by atoms with Crippen LogP contribution in [0.3, 0.4) is 0 Å². The van der Waals surface area contributed by atoms with Crippen molar-refractivity contribution < 1.29 is 19.4 Å². The maximum Gasteiger partial charge on any atom is 0.410 e. The van der Waals surface area contributed by atoms with Crippen molar-refractivity contribution >= 4 is 6.09 Å². The number of nitrogens with zero attached hydrogens (tertiary/aromatic N) is 1. The van der Waals surface area contributed by atoms with Gasteiger partial charge in [0, 0.05) is 18.5 Å². The zero-order chi connectivity index (χ0) is 18.9. The predicted octanol–water partition coefficient (Wildman–Crippen LogP) is 3.73. The van der Waals surface area contributed by atoms with Gasteiger partial charge >= 0.3 is 6.09 Å². The molecule has 144 valence electrons. The van der Waals surface area contributed by atoms with Crippen molar-refractivity contribution in [2.24, 2.45) is 5.92 Å². The van der Waals surface area contributed by atoms with Crippen LogP contribution < -0.4 is 4.74 Å². The summed E-state index contributed by atoms with van der Waals surface area (Å²) in [5.74, 6) is 1.16. The number of hydrogen-bond acceptors (Lipinski definition) is 4. The number of aliphatic hydroxyl groups excluding tert-OH is 1. The molecule has 1 saturated carbocycles. The number of rotatable bonds is 2. The highest BCUT2D eigenvalue weighted by Gasteiger charge is 2.49. The average Bonchev–Trinajstić information content (AvgIpc) is 2.59. The molecule has 1 unspecified atom stereocenters. The second-order valence-electron chi connectivity index (χ2n) is 8.70. The molecule has 3 rings (SSSR count). The van der Waals surface area contributed by atoms with Crippen LogP contribution in [0, 0.1) is 5.92 Å². The van der Waals surface area contributed by atoms with Crippen LogP contribution in [0.2, 0.25) is 0 Å². The molecular formula is C21H31NO4. The highest BCUT2D eigenvalue weighted by atomic mass is 16.6. The number of amides is 1. The molecule has 1 aliphatic heterocycles. The van der Waals surface area contributed by atoms with Crippen molar-refractivity contribution in [2.75, 3.05) is 20.2 Å². The number of piperidine rings is 1. The molecule has 1 aromatic carbocycles. The standard InChI is InChI=1S/C21H31NO4/c1-20(2,3)26-19(24)22-11-10-21(13-17(23)9-8-16(21)14-22)15-6-5-7-18(12-15)25-4/h5-7,12,16-17,23H,8-11,13-14H2,1-4H3/t16-,17?,21+/m0/s1. The number of ether oxygens (including phenoxy) is 2. The van der Waals surface area contributed by atoms with Gasteiger partial charge < -0.3 is 19.5 Å². The number of aliphatic hydroxyl groups is 1. The molecule has 3 atom stereocenters. The summed E-state index contributed by atoms with van der Waals surface area (Å²) in [6, 6.07) is 8.19. The van der Waals surface area contributed by atoms with E-state index in [2.05, 4.69) is 12.1 Å². The third-order valence-corrected chi connectivity index (χ3v) is 5.79. The molecule has 1 aromatic rings. The van der Waals surface area contributed by atoms with Gasteiger partial charge in [0.05, 0.1) is 13.2 Å². The fourth-order valence-corrected chi connectivity index (χ4v) is 4.55. The fraction of sp³-hybridized carbons (Fsp3) is 0.667. The first-order chi connectivity index (χ1) is 12.2. The lowest BCUT2D eigenvalue weighted by atomic mass is 9.58. The summed E-state index contributed by atoms with van der Waals surface area (Å²) in [6.45, 7) is 7.01. The van der Waals surface area contributed by atoms with Crippen LogP contribution in [0.15, 0.2) is 24.3 Å². The summed E-state index contributed by atoms with van der Waals surface area (Å²) in [7, 11) is 1.68. The molecule has 1 aliphatic carbocycles. The van der Waals surface area contributed by atoms with Crippen LogP contribution in [0.1, 0.15) is 52.0 Å². The molecule has 1 amide bonds. The van der Waals surface area contributed by atoms with Gasteiger partial charge in [0.1, 0.15) is 11.4 Å². The van der Waals surface area contributed by atoms with Crippen LogP contribution in [0.25, 0.3) is 0 Å². The van der Waals surface area contributed by atoms with E-state index >= 15 is 0 Å². The lowest BCUT2D eigenvalue weighted by molar-refractivity contribution is -0.0215. The molecule has 0 radical (unpaired) electrons. The lowest BCUT2D eigenvalue weighted by Crippen LogP contribution is -2.55. The van der Waals surface area contributed by atoms with Gasteiger partial charge in [0.15, 0.2) is 0 Å². The molecule has 2 fully saturated rings. The van der Waals surface area contributed by atoms with E-state index in [1.807, 2.05) is 37.8 Å². The molecule has 5 heteroatoms. The molecule has 26 heavy (non-hydrogen) atoms. The van der Waals surface area contributed by atoms with Crippen molar-refractivity contribution in [3.8, 4) is 5.75 Å². The average molecular weight is 361 g/mol. The molecule has 1 saturated heterocycles. The Bertz CT molecular complexity index is 654. The molecule has 0 bridgehead atoms. The predicted molar refractivity (Wildman–Crippen MR) is 100 cm³/mol. The van der Waals surface area contributed by atoms with Crippen molar-refractivity contribution in [3.63, 3.8) is 0 Å². The quantitative estimate of drug-likeness (QED) is 0.872. The minimum Gasteiger partial charge on any atom is -0.497 e. The number of carbonyl (C=O) groups is 1. The molecule has 0 spiro atoms. The summed E-state index contributed by atoms with van der Waals surface area (Å²) < 4.78 is 11.0. The van der Waals surface area contributed by atoms with E-state index in [0.717, 1.165) is 31.4 Å². The van der Waals surface area contributed by atoms with E-state index in [4.69, 9.17) is 9.47 Å². The first-order valence-electron chi connectivity index (χ1n) is 9.54. The van der Waals surface area contributed by atoms with Gasteiger partial charge in [-0.05, 0) is 70.1 Å². The number of fused-ring (bicyclic) bond motifs is 1. The number of hydrogen-bond donors (Lipinski definition) is 1. The Balaban J connectivity index is 1.85. The van der Waals surface area contributed by atoms with E-state index in [0.29, 0.717) is 19.0 Å². The Kier molecular flexibility index (Phi) is 5.20. The zero-order valence-corrected chi connectivity index (χ0v) is 16.3. The third kappa shape index (κ3) is 3.83. The van der Waals surface area contributed by atoms with Gasteiger partial charge in [-0.15, -0.1) is 0 Å². The zero-order valence-electron chi connectivity index (χ0n) is 16.3. The summed E-state index contributed by atoms with van der Waals surface area (Å²) in [6.07, 6.45) is 2.76. The Morgan fingerprint density at radius 1 is 1.31 bits per heavy atom. The second-order valence-corrected chi connectivity index (χ2v) is 8.70. The molecule has 0 aromatic heterocycles. The van der Waals surface area contributed by atoms with Crippen LogP contribution in [0.5, 0.6) is 5.75 Å². The summed E-state index contributed by atoms with van der Waals surface area (Å²) in [4.78, 5) is 14.4. The number of benzene rings is 1. The maximum absolute atomic E-state index is 12.5. The minimum atomic E-state index is -0.485. The van der Waals surface area contributed by atoms with Gasteiger partial charge in [-0.3, -0.25) is 0 Å². The fourth-order valence-electron chi connectivity index (χ4n) is 4.55. The molecule has 5 nitrogen and oxygen atoms in total. The summed E-state index contributed by atoms with van der Waals surface area (Å²) in [5, 5.41) is 10.4. The molecule has 1 heterocycles. The van der Waals surface area contributed by atoms with Gasteiger partial charge in [-0.2, -0.15) is 0 Å². The van der Waals surface area contributed by atoms with Crippen molar-refractivity contribution in [1.29, 1.82) is 0 Å². The lowest BCUT2D eigenvalue weighted by Gasteiger charge is -2.52. The summed E-state index contributed by atoms with van der Waals surface area (Å²) >= 11 is 0. The minimum absolute atomic E-state index is 0.106. The van der Waals surface area contributed by atoms with Crippen LogP contribution in [-0.4, -0.2) is 48.0 Å². The largest absolute Gasteiger partial charge is 0.497 e. The Hall–Kier alpha value is -1.75. The van der Waals surface area contributed by atoms with E-state index in [1.54, 1.807) is 7.11 Å². The van der Waals surface area contributed by atoms with E-state index in [9.17, 15) is 9.90 Å². The molecule has 1 N–H and O–H groups in total. The monoisotopic (exact) mass is 361 g/mol. The van der Waals surface area contributed by atoms with E-state index in [-0.39, 0.29) is 17.6 Å². The number of likely N-dealkylation sites (tertiary alicyclic amines) is 1. The third-order valence-electron chi connectivity index (χ3n) is 5.79. The first kappa shape index (κ1) is 19.0. The number of carbonyl (C=O) groups excluding carboxylic acids is 1.